The van der Waals surface area contributed by atoms with Crippen molar-refractivity contribution in [2.24, 2.45) is 0 Å². The number of para-hydroxylation sites is 3. The number of carbonyl (C=O) groups is 2. The molecule has 1 aliphatic rings. The second-order valence-corrected chi connectivity index (χ2v) is 8.25. The van der Waals surface area contributed by atoms with E-state index in [0.717, 1.165) is 20.9 Å². The summed E-state index contributed by atoms with van der Waals surface area (Å²) < 4.78 is 1.15. The summed E-state index contributed by atoms with van der Waals surface area (Å²) in [5.74, 6) is -0.0989. The van der Waals surface area contributed by atoms with Gasteiger partial charge >= 0.3 is 0 Å². The number of rotatable bonds is 4. The molecule has 1 N–H and O–H groups in total. The number of aromatic nitrogens is 1. The van der Waals surface area contributed by atoms with Crippen LogP contribution in [0.25, 0.3) is 10.2 Å². The van der Waals surface area contributed by atoms with E-state index in [1.807, 2.05) is 61.3 Å². The third kappa shape index (κ3) is 3.76. The molecule has 7 heteroatoms. The van der Waals surface area contributed by atoms with Gasteiger partial charge in [-0.05, 0) is 38.2 Å². The largest absolute Gasteiger partial charge is 0.324 e. The molecule has 0 saturated heterocycles. The topological polar surface area (TPSA) is 65.5 Å². The van der Waals surface area contributed by atoms with E-state index in [4.69, 9.17) is 0 Å². The van der Waals surface area contributed by atoms with E-state index < -0.39 is 0 Å². The Kier molecular flexibility index (Phi) is 5.11. The highest BCUT2D eigenvalue weighted by Gasteiger charge is 2.29. The van der Waals surface area contributed by atoms with Gasteiger partial charge in [0.25, 0.3) is 0 Å². The number of fused-ring (bicyclic) bond motifs is 2. The van der Waals surface area contributed by atoms with Crippen molar-refractivity contribution in [2.45, 2.75) is 25.9 Å². The first-order valence-corrected chi connectivity index (χ1v) is 10.1. The third-order valence-corrected chi connectivity index (χ3v) is 5.80. The fourth-order valence-electron chi connectivity index (χ4n) is 3.55. The van der Waals surface area contributed by atoms with Gasteiger partial charge in [0.2, 0.25) is 11.8 Å². The molecule has 0 bridgehead atoms. The lowest BCUT2D eigenvalue weighted by atomic mass is 10.1. The maximum atomic E-state index is 13.1. The van der Waals surface area contributed by atoms with E-state index in [-0.39, 0.29) is 30.8 Å². The molecule has 0 saturated carbocycles. The number of nitrogens with zero attached hydrogens (tertiary/aromatic N) is 3. The first-order chi connectivity index (χ1) is 13.5. The van der Waals surface area contributed by atoms with Crippen molar-refractivity contribution >= 4 is 44.7 Å². The van der Waals surface area contributed by atoms with Crippen LogP contribution in [0.3, 0.4) is 0 Å². The molecule has 144 valence electrons. The molecule has 3 aromatic rings. The molecular formula is C21H22N4O2S. The Balaban J connectivity index is 1.51. The van der Waals surface area contributed by atoms with E-state index in [1.165, 1.54) is 0 Å². The molecule has 2 aromatic carbocycles. The minimum absolute atomic E-state index is 0.0277. The van der Waals surface area contributed by atoms with Crippen LogP contribution in [0.4, 0.5) is 11.4 Å². The average molecular weight is 395 g/mol. The van der Waals surface area contributed by atoms with Crippen molar-refractivity contribution in [2.75, 3.05) is 23.8 Å². The van der Waals surface area contributed by atoms with Gasteiger partial charge in [-0.15, -0.1) is 11.3 Å². The van der Waals surface area contributed by atoms with Crippen LogP contribution in [0.15, 0.2) is 48.5 Å². The number of benzene rings is 2. The lowest BCUT2D eigenvalue weighted by Crippen LogP contribution is -2.44. The number of amides is 2. The predicted molar refractivity (Wildman–Crippen MR) is 113 cm³/mol. The number of anilines is 2. The Hall–Kier alpha value is -2.77. The fraction of sp³-hybridized carbons (Fsp3) is 0.286. The zero-order valence-corrected chi connectivity index (χ0v) is 16.7. The molecule has 28 heavy (non-hydrogen) atoms. The van der Waals surface area contributed by atoms with E-state index in [1.54, 1.807) is 16.2 Å². The molecule has 0 aliphatic carbocycles. The summed E-state index contributed by atoms with van der Waals surface area (Å²) in [7, 11) is 1.92. The molecule has 1 aromatic heterocycles. The highest BCUT2D eigenvalue weighted by molar-refractivity contribution is 7.18. The van der Waals surface area contributed by atoms with E-state index >= 15 is 0 Å². The maximum Gasteiger partial charge on any atom is 0.241 e. The van der Waals surface area contributed by atoms with Gasteiger partial charge in [-0.3, -0.25) is 14.5 Å². The van der Waals surface area contributed by atoms with Gasteiger partial charge in [0, 0.05) is 12.5 Å². The minimum Gasteiger partial charge on any atom is -0.324 e. The number of hydrogen-bond donors (Lipinski definition) is 1. The fourth-order valence-corrected chi connectivity index (χ4v) is 4.60. The first kappa shape index (κ1) is 18.6. The van der Waals surface area contributed by atoms with Gasteiger partial charge in [0.05, 0.1) is 34.7 Å². The normalized spacial score (nSPS) is 16.8. The molecule has 0 spiro atoms. The maximum absolute atomic E-state index is 13.1. The SMILES string of the molecule is CC1CC(=O)Nc2ccccc2N1C(=O)CN(C)Cc1nc2ccccc2s1. The monoisotopic (exact) mass is 394 g/mol. The Labute approximate surface area is 167 Å². The molecule has 2 heterocycles. The van der Waals surface area contributed by atoms with Gasteiger partial charge in [-0.2, -0.15) is 0 Å². The highest BCUT2D eigenvalue weighted by Crippen LogP contribution is 2.31. The Morgan fingerprint density at radius 3 is 2.82 bits per heavy atom. The molecule has 1 unspecified atom stereocenters. The van der Waals surface area contributed by atoms with Crippen LogP contribution in [0.5, 0.6) is 0 Å². The molecule has 0 radical (unpaired) electrons. The smallest absolute Gasteiger partial charge is 0.241 e. The Bertz CT molecular complexity index is 999. The zero-order chi connectivity index (χ0) is 19.7. The lowest BCUT2D eigenvalue weighted by Gasteiger charge is -2.29. The molecule has 4 rings (SSSR count). The zero-order valence-electron chi connectivity index (χ0n) is 15.9. The van der Waals surface area contributed by atoms with Crippen LogP contribution >= 0.6 is 11.3 Å². The number of likely N-dealkylation sites (N-methyl/N-ethyl adjacent to an activating group) is 1. The van der Waals surface area contributed by atoms with Gasteiger partial charge in [0.1, 0.15) is 5.01 Å². The van der Waals surface area contributed by atoms with Gasteiger partial charge in [0.15, 0.2) is 0 Å². The van der Waals surface area contributed by atoms with E-state index in [2.05, 4.69) is 16.4 Å². The molecule has 2 amide bonds. The highest BCUT2D eigenvalue weighted by atomic mass is 32.1. The van der Waals surface area contributed by atoms with E-state index in [0.29, 0.717) is 12.2 Å². The molecule has 6 nitrogen and oxygen atoms in total. The van der Waals surface area contributed by atoms with Gasteiger partial charge in [-0.25, -0.2) is 4.98 Å². The van der Waals surface area contributed by atoms with Gasteiger partial charge < -0.3 is 10.2 Å². The van der Waals surface area contributed by atoms with Gasteiger partial charge in [-0.1, -0.05) is 24.3 Å². The summed E-state index contributed by atoms with van der Waals surface area (Å²) in [6, 6.07) is 15.3. The average Bonchev–Trinajstić information content (AvgIpc) is 2.99. The summed E-state index contributed by atoms with van der Waals surface area (Å²) in [6.07, 6.45) is 0.280. The summed E-state index contributed by atoms with van der Waals surface area (Å²) >= 11 is 1.65. The summed E-state index contributed by atoms with van der Waals surface area (Å²) in [5.41, 5.74) is 2.42. The number of carbonyl (C=O) groups excluding carboxylic acids is 2. The molecular weight excluding hydrogens is 372 g/mol. The van der Waals surface area contributed by atoms with E-state index in [9.17, 15) is 9.59 Å². The van der Waals surface area contributed by atoms with Crippen molar-refractivity contribution in [1.82, 2.24) is 9.88 Å². The standard InChI is InChI=1S/C21H22N4O2S/c1-14-11-19(26)22-15-7-3-5-9-17(15)25(14)21(27)13-24(2)12-20-23-16-8-4-6-10-18(16)28-20/h3-10,14H,11-13H2,1-2H3,(H,22,26). The second-order valence-electron chi connectivity index (χ2n) is 7.13. The number of hydrogen-bond acceptors (Lipinski definition) is 5. The van der Waals surface area contributed by atoms with Crippen LogP contribution in [0.1, 0.15) is 18.4 Å². The second kappa shape index (κ2) is 7.69. The molecule has 1 aliphatic heterocycles. The predicted octanol–water partition coefficient (Wildman–Crippen LogP) is 3.49. The van der Waals surface area contributed by atoms with Crippen molar-refractivity contribution < 1.29 is 9.59 Å². The lowest BCUT2D eigenvalue weighted by molar-refractivity contribution is -0.120. The van der Waals surface area contributed by atoms with Crippen LogP contribution in [0, 0.1) is 0 Å². The van der Waals surface area contributed by atoms with Crippen molar-refractivity contribution in [3.05, 3.63) is 53.5 Å². The summed E-state index contributed by atoms with van der Waals surface area (Å²) in [4.78, 5) is 33.6. The Morgan fingerprint density at radius 1 is 1.25 bits per heavy atom. The van der Waals surface area contributed by atoms with Crippen molar-refractivity contribution in [1.29, 1.82) is 0 Å². The number of thiazole rings is 1. The summed E-state index contributed by atoms with van der Waals surface area (Å²) in [6.45, 7) is 2.77. The summed E-state index contributed by atoms with van der Waals surface area (Å²) in [5, 5.41) is 3.87. The van der Waals surface area contributed by atoms with Crippen molar-refractivity contribution in [3.8, 4) is 0 Å². The van der Waals surface area contributed by atoms with Crippen LogP contribution in [-0.4, -0.2) is 41.3 Å². The van der Waals surface area contributed by atoms with Crippen molar-refractivity contribution in [3.63, 3.8) is 0 Å². The third-order valence-electron chi connectivity index (χ3n) is 4.78. The van der Waals surface area contributed by atoms with Crippen LogP contribution in [-0.2, 0) is 16.1 Å². The number of nitrogens with one attached hydrogen (secondary N) is 1. The molecule has 1 atom stereocenters. The van der Waals surface area contributed by atoms with Crippen LogP contribution < -0.4 is 10.2 Å². The van der Waals surface area contributed by atoms with Crippen LogP contribution in [0.2, 0.25) is 0 Å². The quantitative estimate of drug-likeness (QED) is 0.736. The minimum atomic E-state index is -0.202. The Morgan fingerprint density at radius 2 is 2.00 bits per heavy atom. The molecule has 0 fully saturated rings. The first-order valence-electron chi connectivity index (χ1n) is 9.25.